The molecule has 1 heterocycles. The van der Waals surface area contributed by atoms with E-state index in [0.29, 0.717) is 23.3 Å². The number of Topliss-reactive ketones (excluding diaryl/α,β-unsaturated/α-hetero) is 1. The SMILES string of the molecule is CCOC(=O)C1=C(C)NC2=C(C(=O)C[C@H](c3ccc(OC)cc3)C2)[C@@H]1c1ccccc1F. The number of ketones is 1. The second-order valence-corrected chi connectivity index (χ2v) is 8.03. The van der Waals surface area contributed by atoms with Crippen LogP contribution in [-0.2, 0) is 14.3 Å². The van der Waals surface area contributed by atoms with Crippen LogP contribution in [-0.4, -0.2) is 25.5 Å². The zero-order chi connectivity index (χ0) is 22.8. The van der Waals surface area contributed by atoms with Crippen molar-refractivity contribution in [3.8, 4) is 5.75 Å². The lowest BCUT2D eigenvalue weighted by Crippen LogP contribution is -2.36. The van der Waals surface area contributed by atoms with E-state index in [4.69, 9.17) is 9.47 Å². The molecule has 2 aromatic rings. The summed E-state index contributed by atoms with van der Waals surface area (Å²) in [5.74, 6) is -1.15. The fraction of sp³-hybridized carbons (Fsp3) is 0.308. The number of ether oxygens (including phenoxy) is 2. The lowest BCUT2D eigenvalue weighted by Gasteiger charge is -2.36. The number of esters is 1. The van der Waals surface area contributed by atoms with Gasteiger partial charge in [-0.2, -0.15) is 0 Å². The van der Waals surface area contributed by atoms with Gasteiger partial charge >= 0.3 is 5.97 Å². The lowest BCUT2D eigenvalue weighted by molar-refractivity contribution is -0.138. The molecule has 0 saturated carbocycles. The van der Waals surface area contributed by atoms with Gasteiger partial charge in [-0.05, 0) is 49.9 Å². The Kier molecular flexibility index (Phi) is 6.12. The molecule has 0 amide bonds. The van der Waals surface area contributed by atoms with Crippen LogP contribution in [0.2, 0.25) is 0 Å². The summed E-state index contributed by atoms with van der Waals surface area (Å²) in [6.07, 6.45) is 0.874. The van der Waals surface area contributed by atoms with Crippen molar-refractivity contribution in [3.05, 3.63) is 88.0 Å². The van der Waals surface area contributed by atoms with Gasteiger partial charge in [-0.3, -0.25) is 4.79 Å². The van der Waals surface area contributed by atoms with Gasteiger partial charge in [0.2, 0.25) is 0 Å². The molecular formula is C26H26FNO4. The molecule has 2 aromatic carbocycles. The zero-order valence-corrected chi connectivity index (χ0v) is 18.4. The van der Waals surface area contributed by atoms with Gasteiger partial charge < -0.3 is 14.8 Å². The Morgan fingerprint density at radius 1 is 1.12 bits per heavy atom. The molecule has 0 unspecified atom stereocenters. The van der Waals surface area contributed by atoms with Crippen molar-refractivity contribution in [1.82, 2.24) is 5.32 Å². The third kappa shape index (κ3) is 3.93. The maximum absolute atomic E-state index is 14.9. The molecule has 1 N–H and O–H groups in total. The van der Waals surface area contributed by atoms with Gasteiger partial charge in [-0.1, -0.05) is 30.3 Å². The monoisotopic (exact) mass is 435 g/mol. The van der Waals surface area contributed by atoms with Crippen molar-refractivity contribution in [2.24, 2.45) is 0 Å². The number of carbonyl (C=O) groups excluding carboxylic acids is 2. The van der Waals surface area contributed by atoms with E-state index in [2.05, 4.69) is 5.32 Å². The molecule has 0 fully saturated rings. The molecule has 5 nitrogen and oxygen atoms in total. The number of allylic oxidation sites excluding steroid dienone is 3. The van der Waals surface area contributed by atoms with Gasteiger partial charge in [-0.15, -0.1) is 0 Å². The van der Waals surface area contributed by atoms with Crippen molar-refractivity contribution >= 4 is 11.8 Å². The number of dihydropyridines is 1. The fourth-order valence-electron chi connectivity index (χ4n) is 4.65. The van der Waals surface area contributed by atoms with Crippen LogP contribution >= 0.6 is 0 Å². The summed E-state index contributed by atoms with van der Waals surface area (Å²) in [4.78, 5) is 26.3. The van der Waals surface area contributed by atoms with Crippen LogP contribution < -0.4 is 10.1 Å². The normalized spacial score (nSPS) is 20.6. The van der Waals surface area contributed by atoms with E-state index in [-0.39, 0.29) is 30.3 Å². The highest BCUT2D eigenvalue weighted by atomic mass is 19.1. The number of carbonyl (C=O) groups is 2. The number of halogens is 1. The maximum atomic E-state index is 14.9. The smallest absolute Gasteiger partial charge is 0.336 e. The molecule has 1 aliphatic heterocycles. The van der Waals surface area contributed by atoms with Crippen LogP contribution in [0, 0.1) is 5.82 Å². The van der Waals surface area contributed by atoms with Crippen LogP contribution in [0.4, 0.5) is 4.39 Å². The first-order valence-electron chi connectivity index (χ1n) is 10.7. The van der Waals surface area contributed by atoms with Gasteiger partial charge in [0, 0.05) is 29.0 Å². The first-order chi connectivity index (χ1) is 15.4. The molecule has 32 heavy (non-hydrogen) atoms. The average molecular weight is 435 g/mol. The van der Waals surface area contributed by atoms with Crippen LogP contribution in [0.15, 0.2) is 71.1 Å². The molecule has 2 atom stereocenters. The molecule has 0 radical (unpaired) electrons. The molecule has 166 valence electrons. The molecule has 0 saturated heterocycles. The average Bonchev–Trinajstić information content (AvgIpc) is 2.78. The summed E-state index contributed by atoms with van der Waals surface area (Å²) in [5, 5.41) is 3.27. The minimum Gasteiger partial charge on any atom is -0.497 e. The van der Waals surface area contributed by atoms with E-state index < -0.39 is 17.7 Å². The first-order valence-corrected chi connectivity index (χ1v) is 10.7. The molecule has 0 spiro atoms. The Balaban J connectivity index is 1.78. The predicted molar refractivity (Wildman–Crippen MR) is 119 cm³/mol. The predicted octanol–water partition coefficient (Wildman–Crippen LogP) is 4.76. The largest absolute Gasteiger partial charge is 0.497 e. The highest BCUT2D eigenvalue weighted by Gasteiger charge is 2.42. The van der Waals surface area contributed by atoms with Gasteiger partial charge in [0.15, 0.2) is 5.78 Å². The minimum absolute atomic E-state index is 0.0159. The number of nitrogens with one attached hydrogen (secondary N) is 1. The summed E-state index contributed by atoms with van der Waals surface area (Å²) >= 11 is 0. The van der Waals surface area contributed by atoms with Gasteiger partial charge in [0.25, 0.3) is 0 Å². The third-order valence-corrected chi connectivity index (χ3v) is 6.13. The van der Waals surface area contributed by atoms with Crippen molar-refractivity contribution < 1.29 is 23.5 Å². The highest BCUT2D eigenvalue weighted by molar-refractivity contribution is 6.04. The van der Waals surface area contributed by atoms with E-state index in [1.165, 1.54) is 6.07 Å². The number of benzene rings is 2. The fourth-order valence-corrected chi connectivity index (χ4v) is 4.65. The number of hydrogen-bond donors (Lipinski definition) is 1. The molecule has 1 aliphatic carbocycles. The second-order valence-electron chi connectivity index (χ2n) is 8.03. The van der Waals surface area contributed by atoms with Crippen LogP contribution in [0.25, 0.3) is 0 Å². The summed E-state index contributed by atoms with van der Waals surface area (Å²) in [6, 6.07) is 14.0. The van der Waals surface area contributed by atoms with E-state index in [9.17, 15) is 14.0 Å². The van der Waals surface area contributed by atoms with E-state index in [0.717, 1.165) is 17.0 Å². The Morgan fingerprint density at radius 3 is 2.50 bits per heavy atom. The van der Waals surface area contributed by atoms with E-state index in [1.807, 2.05) is 24.3 Å². The maximum Gasteiger partial charge on any atom is 0.336 e. The van der Waals surface area contributed by atoms with Crippen LogP contribution in [0.1, 0.15) is 49.7 Å². The summed E-state index contributed by atoms with van der Waals surface area (Å²) in [6.45, 7) is 3.68. The second kappa shape index (κ2) is 8.99. The number of hydrogen-bond acceptors (Lipinski definition) is 5. The molecule has 0 bridgehead atoms. The van der Waals surface area contributed by atoms with Crippen molar-refractivity contribution in [1.29, 1.82) is 0 Å². The summed E-state index contributed by atoms with van der Waals surface area (Å²) in [7, 11) is 1.61. The van der Waals surface area contributed by atoms with Gasteiger partial charge in [0.05, 0.1) is 25.2 Å². The lowest BCUT2D eigenvalue weighted by atomic mass is 9.71. The number of rotatable bonds is 5. The summed E-state index contributed by atoms with van der Waals surface area (Å²) in [5.41, 5.74) is 3.40. The Bertz CT molecular complexity index is 1120. The molecule has 4 rings (SSSR count). The van der Waals surface area contributed by atoms with Gasteiger partial charge in [0.1, 0.15) is 11.6 Å². The molecule has 2 aliphatic rings. The first kappa shape index (κ1) is 21.8. The molecular weight excluding hydrogens is 409 g/mol. The topological polar surface area (TPSA) is 64.6 Å². The van der Waals surface area contributed by atoms with Crippen LogP contribution in [0.3, 0.4) is 0 Å². The minimum atomic E-state index is -0.796. The van der Waals surface area contributed by atoms with Gasteiger partial charge in [-0.25, -0.2) is 9.18 Å². The summed E-state index contributed by atoms with van der Waals surface area (Å²) < 4.78 is 25.4. The highest BCUT2D eigenvalue weighted by Crippen LogP contribution is 2.46. The third-order valence-electron chi connectivity index (χ3n) is 6.13. The number of methoxy groups -OCH3 is 1. The van der Waals surface area contributed by atoms with E-state index >= 15 is 0 Å². The van der Waals surface area contributed by atoms with Crippen molar-refractivity contribution in [2.75, 3.05) is 13.7 Å². The Labute approximate surface area is 186 Å². The van der Waals surface area contributed by atoms with Crippen LogP contribution in [0.5, 0.6) is 5.75 Å². The molecule has 6 heteroatoms. The zero-order valence-electron chi connectivity index (χ0n) is 18.4. The Hall–Kier alpha value is -3.41. The van der Waals surface area contributed by atoms with Crippen molar-refractivity contribution in [2.45, 2.75) is 38.5 Å². The van der Waals surface area contributed by atoms with E-state index in [1.54, 1.807) is 39.2 Å². The quantitative estimate of drug-likeness (QED) is 0.686. The Morgan fingerprint density at radius 2 is 1.84 bits per heavy atom. The molecule has 0 aromatic heterocycles. The van der Waals surface area contributed by atoms with Crippen molar-refractivity contribution in [3.63, 3.8) is 0 Å². The standard InChI is InChI=1S/C26H26FNO4/c1-4-32-26(30)23-15(2)28-21-13-17(16-9-11-18(31-3)12-10-16)14-22(29)25(21)24(23)19-7-5-6-8-20(19)27/h5-12,17,24,28H,4,13-14H2,1-3H3/t17-,24-/m1/s1.